The van der Waals surface area contributed by atoms with Crippen LogP contribution in [0.2, 0.25) is 0 Å². The molecule has 5 nitrogen and oxygen atoms in total. The normalized spacial score (nSPS) is 21.5. The van der Waals surface area contributed by atoms with Gasteiger partial charge in [0.05, 0.1) is 18.2 Å². The van der Waals surface area contributed by atoms with Crippen LogP contribution in [0, 0.1) is 17.2 Å². The summed E-state index contributed by atoms with van der Waals surface area (Å²) in [5, 5.41) is 9.76. The van der Waals surface area contributed by atoms with Crippen molar-refractivity contribution in [2.45, 2.75) is 77.3 Å². The molecule has 2 aromatic rings. The number of anilines is 1. The van der Waals surface area contributed by atoms with E-state index in [1.54, 1.807) is 0 Å². The molecular formula is C30H36N4O. The topological polar surface area (TPSA) is 59.7 Å². The van der Waals surface area contributed by atoms with E-state index in [4.69, 9.17) is 4.99 Å². The number of rotatable bonds is 6. The highest BCUT2D eigenvalue weighted by Crippen LogP contribution is 2.40. The summed E-state index contributed by atoms with van der Waals surface area (Å²) in [5.41, 5.74) is 4.52. The molecule has 0 N–H and O–H groups in total. The highest BCUT2D eigenvalue weighted by Gasteiger charge is 2.49. The fourth-order valence-electron chi connectivity index (χ4n) is 6.05. The van der Waals surface area contributed by atoms with Crippen LogP contribution in [0.5, 0.6) is 0 Å². The van der Waals surface area contributed by atoms with Crippen LogP contribution < -0.4 is 4.90 Å². The Hall–Kier alpha value is -3.13. The van der Waals surface area contributed by atoms with Gasteiger partial charge in [-0.1, -0.05) is 51.0 Å². The second-order valence-corrected chi connectivity index (χ2v) is 10.6. The molecular weight excluding hydrogens is 432 g/mol. The van der Waals surface area contributed by atoms with E-state index < -0.39 is 5.54 Å². The van der Waals surface area contributed by atoms with Crippen molar-refractivity contribution in [1.82, 2.24) is 4.90 Å². The molecule has 3 aliphatic rings. The van der Waals surface area contributed by atoms with Gasteiger partial charge in [0.25, 0.3) is 5.91 Å². The van der Waals surface area contributed by atoms with E-state index in [-0.39, 0.29) is 5.91 Å². The maximum absolute atomic E-state index is 13.4. The first kappa shape index (κ1) is 23.6. The molecule has 5 rings (SSSR count). The van der Waals surface area contributed by atoms with Crippen molar-refractivity contribution in [3.05, 3.63) is 53.6 Å². The molecule has 1 spiro atoms. The molecule has 1 amide bonds. The molecule has 0 radical (unpaired) electrons. The van der Waals surface area contributed by atoms with Crippen molar-refractivity contribution in [2.24, 2.45) is 10.9 Å². The molecule has 2 aromatic carbocycles. The number of carbonyl (C=O) groups is 1. The molecule has 1 aliphatic carbocycles. The van der Waals surface area contributed by atoms with Gasteiger partial charge in [0.2, 0.25) is 0 Å². The summed E-state index contributed by atoms with van der Waals surface area (Å²) in [7, 11) is 0. The number of carbonyl (C=O) groups excluding carboxylic acids is 1. The van der Waals surface area contributed by atoms with E-state index in [1.807, 2.05) is 11.0 Å². The standard InChI is InChI=1S/C30H36N4O/c1-3-7-28-32-30(15-4-5-16-30)29(35)34(28)21-23-9-11-24(12-10-23)27-18-26(14-13-25(27)19-31)33-17-6-8-22(2)20-33/h9-14,18,22H,3-8,15-17,20-21H2,1-2H3. The Balaban J connectivity index is 1.37. The van der Waals surface area contributed by atoms with Crippen LogP contribution >= 0.6 is 0 Å². The number of benzene rings is 2. The first-order chi connectivity index (χ1) is 17.0. The van der Waals surface area contributed by atoms with Gasteiger partial charge < -0.3 is 4.90 Å². The number of nitrogens with zero attached hydrogens (tertiary/aromatic N) is 4. The Morgan fingerprint density at radius 3 is 2.57 bits per heavy atom. The smallest absolute Gasteiger partial charge is 0.256 e. The summed E-state index contributed by atoms with van der Waals surface area (Å²) in [5.74, 6) is 1.84. The van der Waals surface area contributed by atoms with Crippen molar-refractivity contribution >= 4 is 17.4 Å². The molecule has 2 heterocycles. The summed E-state index contributed by atoms with van der Waals surface area (Å²) in [6, 6.07) is 17.0. The molecule has 1 atom stereocenters. The van der Waals surface area contributed by atoms with Crippen LogP contribution in [0.3, 0.4) is 0 Å². The molecule has 2 fully saturated rings. The van der Waals surface area contributed by atoms with E-state index in [9.17, 15) is 10.1 Å². The highest BCUT2D eigenvalue weighted by molar-refractivity contribution is 6.08. The predicted octanol–water partition coefficient (Wildman–Crippen LogP) is 6.32. The molecule has 0 aromatic heterocycles. The minimum Gasteiger partial charge on any atom is -0.371 e. The van der Waals surface area contributed by atoms with Gasteiger partial charge in [-0.25, -0.2) is 0 Å². The molecule has 182 valence electrons. The highest BCUT2D eigenvalue weighted by atomic mass is 16.2. The summed E-state index contributed by atoms with van der Waals surface area (Å²) < 4.78 is 0. The summed E-state index contributed by atoms with van der Waals surface area (Å²) in [4.78, 5) is 22.7. The van der Waals surface area contributed by atoms with Gasteiger partial charge in [-0.05, 0) is 67.3 Å². The van der Waals surface area contributed by atoms with Crippen LogP contribution in [-0.2, 0) is 11.3 Å². The summed E-state index contributed by atoms with van der Waals surface area (Å²) in [6.07, 6.45) is 8.29. The average Bonchev–Trinajstić information content (AvgIpc) is 3.45. The van der Waals surface area contributed by atoms with E-state index in [1.165, 1.54) is 18.5 Å². The zero-order valence-electron chi connectivity index (χ0n) is 21.1. The van der Waals surface area contributed by atoms with Crippen LogP contribution in [0.25, 0.3) is 11.1 Å². The zero-order valence-corrected chi connectivity index (χ0v) is 21.1. The van der Waals surface area contributed by atoms with E-state index >= 15 is 0 Å². The first-order valence-electron chi connectivity index (χ1n) is 13.3. The minimum absolute atomic E-state index is 0.192. The van der Waals surface area contributed by atoms with Crippen molar-refractivity contribution < 1.29 is 4.79 Å². The van der Waals surface area contributed by atoms with Crippen molar-refractivity contribution in [2.75, 3.05) is 18.0 Å². The monoisotopic (exact) mass is 468 g/mol. The van der Waals surface area contributed by atoms with Gasteiger partial charge in [0.15, 0.2) is 0 Å². The van der Waals surface area contributed by atoms with Gasteiger partial charge in [-0.3, -0.25) is 14.7 Å². The third-order valence-corrected chi connectivity index (χ3v) is 7.95. The van der Waals surface area contributed by atoms with Crippen molar-refractivity contribution in [1.29, 1.82) is 5.26 Å². The predicted molar refractivity (Wildman–Crippen MR) is 141 cm³/mol. The lowest BCUT2D eigenvalue weighted by molar-refractivity contribution is -0.131. The van der Waals surface area contributed by atoms with E-state index in [0.717, 1.165) is 74.1 Å². The molecule has 5 heteroatoms. The minimum atomic E-state index is -0.488. The molecule has 1 saturated heterocycles. The SMILES string of the molecule is CCCC1=NC2(CCCC2)C(=O)N1Cc1ccc(-c2cc(N3CCCC(C)C3)ccc2C#N)cc1. The van der Waals surface area contributed by atoms with Gasteiger partial charge in [0, 0.05) is 30.8 Å². The second-order valence-electron chi connectivity index (χ2n) is 10.6. The van der Waals surface area contributed by atoms with Crippen molar-refractivity contribution in [3.8, 4) is 17.2 Å². The van der Waals surface area contributed by atoms with E-state index in [0.29, 0.717) is 18.0 Å². The van der Waals surface area contributed by atoms with Crippen LogP contribution in [-0.4, -0.2) is 35.3 Å². The number of nitriles is 1. The van der Waals surface area contributed by atoms with Gasteiger partial charge in [-0.2, -0.15) is 5.26 Å². The first-order valence-corrected chi connectivity index (χ1v) is 13.3. The quantitative estimate of drug-likeness (QED) is 0.499. The van der Waals surface area contributed by atoms with Crippen LogP contribution in [0.1, 0.15) is 76.3 Å². The Labute approximate surface area is 209 Å². The Bertz CT molecular complexity index is 1150. The second kappa shape index (κ2) is 9.85. The Kier molecular flexibility index (Phi) is 6.65. The molecule has 0 bridgehead atoms. The molecule has 2 aliphatic heterocycles. The maximum atomic E-state index is 13.4. The van der Waals surface area contributed by atoms with Gasteiger partial charge in [-0.15, -0.1) is 0 Å². The van der Waals surface area contributed by atoms with Crippen molar-refractivity contribution in [3.63, 3.8) is 0 Å². The Morgan fingerprint density at radius 1 is 1.11 bits per heavy atom. The molecule has 1 saturated carbocycles. The maximum Gasteiger partial charge on any atom is 0.256 e. The van der Waals surface area contributed by atoms with E-state index in [2.05, 4.69) is 61.2 Å². The third-order valence-electron chi connectivity index (χ3n) is 7.95. The number of piperidine rings is 1. The largest absolute Gasteiger partial charge is 0.371 e. The van der Waals surface area contributed by atoms with Crippen LogP contribution in [0.4, 0.5) is 5.69 Å². The van der Waals surface area contributed by atoms with Gasteiger partial charge in [0.1, 0.15) is 11.4 Å². The lowest BCUT2D eigenvalue weighted by Gasteiger charge is -2.33. The summed E-state index contributed by atoms with van der Waals surface area (Å²) in [6.45, 7) is 7.16. The summed E-state index contributed by atoms with van der Waals surface area (Å²) >= 11 is 0. The van der Waals surface area contributed by atoms with Crippen LogP contribution in [0.15, 0.2) is 47.5 Å². The van der Waals surface area contributed by atoms with Gasteiger partial charge >= 0.3 is 0 Å². The average molecular weight is 469 g/mol. The lowest BCUT2D eigenvalue weighted by Crippen LogP contribution is -2.40. The fraction of sp³-hybridized carbons (Fsp3) is 0.500. The Morgan fingerprint density at radius 2 is 1.89 bits per heavy atom. The lowest BCUT2D eigenvalue weighted by atomic mass is 9.96. The number of hydrogen-bond acceptors (Lipinski definition) is 4. The molecule has 35 heavy (non-hydrogen) atoms. The number of amidine groups is 1. The zero-order chi connectivity index (χ0) is 24.4. The number of amides is 1. The third kappa shape index (κ3) is 4.59. The number of hydrogen-bond donors (Lipinski definition) is 0. The number of aliphatic imine (C=N–C) groups is 1. The molecule has 1 unspecified atom stereocenters. The fourth-order valence-corrected chi connectivity index (χ4v) is 6.05.